The largest absolute Gasteiger partial charge is 0.494 e. The second-order valence-electron chi connectivity index (χ2n) is 7.79. The maximum Gasteiger partial charge on any atom is 0.269 e. The zero-order chi connectivity index (χ0) is 24.7. The summed E-state index contributed by atoms with van der Waals surface area (Å²) in [4.78, 5) is 22.6. The number of carbonyl (C=O) groups excluding carboxylic acids is 1. The van der Waals surface area contributed by atoms with Crippen molar-refractivity contribution in [2.45, 2.75) is 39.7 Å². The molecule has 3 rings (SSSR count). The number of aliphatic hydroxyl groups excluding tert-OH is 1. The van der Waals surface area contributed by atoms with Gasteiger partial charge in [0.2, 0.25) is 5.91 Å². The zero-order valence-corrected chi connectivity index (χ0v) is 19.4. The van der Waals surface area contributed by atoms with E-state index in [-0.39, 0.29) is 24.4 Å². The number of aryl methyl sites for hydroxylation is 1. The van der Waals surface area contributed by atoms with Gasteiger partial charge in [-0.05, 0) is 63.1 Å². The number of benzene rings is 2. The highest BCUT2D eigenvalue weighted by molar-refractivity contribution is 5.84. The number of nitro benzene ring substituents is 1. The molecule has 1 atom stereocenters. The molecular formula is C25H28N4O5. The van der Waals surface area contributed by atoms with E-state index >= 15 is 0 Å². The number of nitro groups is 1. The smallest absolute Gasteiger partial charge is 0.269 e. The van der Waals surface area contributed by atoms with Crippen molar-refractivity contribution in [1.29, 1.82) is 0 Å². The summed E-state index contributed by atoms with van der Waals surface area (Å²) >= 11 is 0. The van der Waals surface area contributed by atoms with Crippen molar-refractivity contribution in [1.82, 2.24) is 9.99 Å². The fraction of sp³-hybridized carbons (Fsp3) is 0.280. The van der Waals surface area contributed by atoms with Gasteiger partial charge in [-0.1, -0.05) is 12.1 Å². The van der Waals surface area contributed by atoms with Crippen molar-refractivity contribution in [3.63, 3.8) is 0 Å². The molecule has 9 heteroatoms. The predicted molar refractivity (Wildman–Crippen MR) is 129 cm³/mol. The first kappa shape index (κ1) is 24.7. The van der Waals surface area contributed by atoms with E-state index in [9.17, 15) is 20.0 Å². The van der Waals surface area contributed by atoms with Gasteiger partial charge in [-0.15, -0.1) is 0 Å². The Kier molecular flexibility index (Phi) is 8.15. The second kappa shape index (κ2) is 11.2. The van der Waals surface area contributed by atoms with Gasteiger partial charge in [0.25, 0.3) is 5.69 Å². The van der Waals surface area contributed by atoms with Crippen LogP contribution in [0.5, 0.6) is 5.75 Å². The fourth-order valence-electron chi connectivity index (χ4n) is 3.66. The van der Waals surface area contributed by atoms with Crippen LogP contribution in [-0.4, -0.2) is 33.3 Å². The van der Waals surface area contributed by atoms with Crippen LogP contribution in [0.2, 0.25) is 0 Å². The molecule has 34 heavy (non-hydrogen) atoms. The van der Waals surface area contributed by atoms with Gasteiger partial charge < -0.3 is 14.4 Å². The first-order valence-electron chi connectivity index (χ1n) is 11.0. The molecule has 0 aliphatic rings. The molecule has 0 bridgehead atoms. The Morgan fingerprint density at radius 3 is 2.50 bits per heavy atom. The fourth-order valence-corrected chi connectivity index (χ4v) is 3.66. The molecule has 1 amide bonds. The van der Waals surface area contributed by atoms with Gasteiger partial charge in [0, 0.05) is 41.2 Å². The van der Waals surface area contributed by atoms with Gasteiger partial charge in [-0.3, -0.25) is 14.9 Å². The number of ether oxygens (including phenoxy) is 1. The molecule has 1 aromatic heterocycles. The third-order valence-corrected chi connectivity index (χ3v) is 5.40. The quantitative estimate of drug-likeness (QED) is 0.262. The number of rotatable bonds is 10. The molecule has 0 saturated carbocycles. The van der Waals surface area contributed by atoms with Gasteiger partial charge in [0.05, 0.1) is 23.8 Å². The van der Waals surface area contributed by atoms with Crippen LogP contribution in [0.15, 0.2) is 59.7 Å². The molecule has 9 nitrogen and oxygen atoms in total. The molecule has 2 N–H and O–H groups in total. The maximum atomic E-state index is 12.2. The standard InChI is InChI=1S/C25H28N4O5/c1-4-34-23-11-5-19(6-12-23)24(30)13-14-25(31)27-26-16-20-15-17(2)28(18(20)3)21-7-9-22(10-8-21)29(32)33/h5-12,15-16,24,30H,4,13-14H2,1-3H3,(H,27,31)/b26-16-/t24-/m1/s1. The van der Waals surface area contributed by atoms with Crippen molar-refractivity contribution >= 4 is 17.8 Å². The lowest BCUT2D eigenvalue weighted by molar-refractivity contribution is -0.384. The SMILES string of the molecule is CCOc1ccc([C@H](O)CCC(=O)N/N=C\c2cc(C)n(-c3ccc([N+](=O)[O-])cc3)c2C)cc1. The molecule has 0 spiro atoms. The van der Waals surface area contributed by atoms with E-state index in [0.29, 0.717) is 6.61 Å². The number of hydrogen-bond acceptors (Lipinski definition) is 6. The van der Waals surface area contributed by atoms with Crippen molar-refractivity contribution in [3.05, 3.63) is 87.2 Å². The molecule has 0 unspecified atom stereocenters. The number of nitrogens with zero attached hydrogens (tertiary/aromatic N) is 3. The Morgan fingerprint density at radius 1 is 1.21 bits per heavy atom. The molecule has 0 aliphatic heterocycles. The average Bonchev–Trinajstić information content (AvgIpc) is 3.11. The van der Waals surface area contributed by atoms with Crippen LogP contribution in [0.1, 0.15) is 48.4 Å². The molecular weight excluding hydrogens is 436 g/mol. The molecule has 0 fully saturated rings. The summed E-state index contributed by atoms with van der Waals surface area (Å²) in [5, 5.41) is 25.2. The maximum absolute atomic E-state index is 12.2. The van der Waals surface area contributed by atoms with Crippen molar-refractivity contribution in [3.8, 4) is 11.4 Å². The van der Waals surface area contributed by atoms with Crippen LogP contribution in [-0.2, 0) is 4.79 Å². The number of hydrazone groups is 1. The minimum absolute atomic E-state index is 0.0309. The van der Waals surface area contributed by atoms with Gasteiger partial charge in [0.1, 0.15) is 5.75 Å². The lowest BCUT2D eigenvalue weighted by atomic mass is 10.0. The molecule has 3 aromatic rings. The molecule has 178 valence electrons. The lowest BCUT2D eigenvalue weighted by Crippen LogP contribution is -2.18. The van der Waals surface area contributed by atoms with Crippen molar-refractivity contribution in [2.24, 2.45) is 5.10 Å². The van der Waals surface area contributed by atoms with Crippen LogP contribution in [0, 0.1) is 24.0 Å². The summed E-state index contributed by atoms with van der Waals surface area (Å²) in [6, 6.07) is 15.4. The predicted octanol–water partition coefficient (Wildman–Crippen LogP) is 4.36. The van der Waals surface area contributed by atoms with Gasteiger partial charge in [-0.25, -0.2) is 5.43 Å². The Hall–Kier alpha value is -3.98. The molecule has 0 saturated heterocycles. The first-order chi connectivity index (χ1) is 16.3. The average molecular weight is 465 g/mol. The number of amides is 1. The summed E-state index contributed by atoms with van der Waals surface area (Å²) < 4.78 is 7.35. The van der Waals surface area contributed by atoms with E-state index in [2.05, 4.69) is 10.5 Å². The highest BCUT2D eigenvalue weighted by Gasteiger charge is 2.13. The summed E-state index contributed by atoms with van der Waals surface area (Å²) in [6.45, 7) is 6.31. The van der Waals surface area contributed by atoms with Gasteiger partial charge in [0.15, 0.2) is 0 Å². The van der Waals surface area contributed by atoms with Gasteiger partial charge >= 0.3 is 0 Å². The minimum Gasteiger partial charge on any atom is -0.494 e. The van der Waals surface area contributed by atoms with E-state index in [1.165, 1.54) is 12.1 Å². The van der Waals surface area contributed by atoms with Crippen LogP contribution < -0.4 is 10.2 Å². The third-order valence-electron chi connectivity index (χ3n) is 5.40. The number of aromatic nitrogens is 1. The number of non-ortho nitro benzene ring substituents is 1. The molecule has 2 aromatic carbocycles. The van der Waals surface area contributed by atoms with E-state index in [0.717, 1.165) is 34.0 Å². The second-order valence-corrected chi connectivity index (χ2v) is 7.79. The molecule has 0 radical (unpaired) electrons. The lowest BCUT2D eigenvalue weighted by Gasteiger charge is -2.11. The van der Waals surface area contributed by atoms with Crippen LogP contribution in [0.25, 0.3) is 5.69 Å². The van der Waals surface area contributed by atoms with E-state index in [1.54, 1.807) is 42.6 Å². The number of carbonyl (C=O) groups is 1. The van der Waals surface area contributed by atoms with E-state index < -0.39 is 11.0 Å². The number of hydrogen-bond donors (Lipinski definition) is 2. The van der Waals surface area contributed by atoms with E-state index in [4.69, 9.17) is 4.74 Å². The summed E-state index contributed by atoms with van der Waals surface area (Å²) in [5.41, 5.74) is 6.67. The number of aliphatic hydroxyl groups is 1. The van der Waals surface area contributed by atoms with Crippen LogP contribution >= 0.6 is 0 Å². The number of nitrogens with one attached hydrogen (secondary N) is 1. The first-order valence-corrected chi connectivity index (χ1v) is 11.0. The Bertz CT molecular complexity index is 1170. The summed E-state index contributed by atoms with van der Waals surface area (Å²) in [7, 11) is 0. The Labute approximate surface area is 197 Å². The van der Waals surface area contributed by atoms with Crippen LogP contribution in [0.3, 0.4) is 0 Å². The van der Waals surface area contributed by atoms with Crippen LogP contribution in [0.4, 0.5) is 5.69 Å². The monoisotopic (exact) mass is 464 g/mol. The summed E-state index contributed by atoms with van der Waals surface area (Å²) in [5.74, 6) is 0.434. The zero-order valence-electron chi connectivity index (χ0n) is 19.4. The van der Waals surface area contributed by atoms with Crippen molar-refractivity contribution in [2.75, 3.05) is 6.61 Å². The Morgan fingerprint density at radius 2 is 1.88 bits per heavy atom. The highest BCUT2D eigenvalue weighted by atomic mass is 16.6. The normalized spacial score (nSPS) is 12.0. The van der Waals surface area contributed by atoms with Gasteiger partial charge in [-0.2, -0.15) is 5.10 Å². The van der Waals surface area contributed by atoms with Crippen molar-refractivity contribution < 1.29 is 19.6 Å². The molecule has 0 aliphatic carbocycles. The highest BCUT2D eigenvalue weighted by Crippen LogP contribution is 2.23. The van der Waals surface area contributed by atoms with E-state index in [1.807, 2.05) is 31.4 Å². The molecule has 1 heterocycles. The minimum atomic E-state index is -0.758. The topological polar surface area (TPSA) is 119 Å². The third kappa shape index (κ3) is 6.08. The Balaban J connectivity index is 1.56. The summed E-state index contributed by atoms with van der Waals surface area (Å²) in [6.07, 6.45) is 1.19.